The highest BCUT2D eigenvalue weighted by Crippen LogP contribution is 2.23. The minimum Gasteiger partial charge on any atom is -0.505 e. The normalized spacial score (nSPS) is 14.6. The number of pyridine rings is 1. The third-order valence-corrected chi connectivity index (χ3v) is 5.04. The Morgan fingerprint density at radius 2 is 1.93 bits per heavy atom. The van der Waals surface area contributed by atoms with Gasteiger partial charge < -0.3 is 10.1 Å². The van der Waals surface area contributed by atoms with Crippen LogP contribution in [0, 0.1) is 6.92 Å². The first-order valence-electron chi connectivity index (χ1n) is 9.16. The maximum Gasteiger partial charge on any atom is 0.258 e. The van der Waals surface area contributed by atoms with Crippen molar-refractivity contribution in [2.24, 2.45) is 12.1 Å². The van der Waals surface area contributed by atoms with E-state index in [-0.39, 0.29) is 22.8 Å². The van der Waals surface area contributed by atoms with Crippen LogP contribution in [-0.4, -0.2) is 42.8 Å². The van der Waals surface area contributed by atoms with Crippen LogP contribution in [0.25, 0.3) is 11.2 Å². The van der Waals surface area contributed by atoms with Gasteiger partial charge in [-0.1, -0.05) is 30.3 Å². The number of carbonyl (C=O) groups excluding carboxylic acids is 1. The Balaban J connectivity index is 1.58. The van der Waals surface area contributed by atoms with Crippen molar-refractivity contribution in [1.29, 1.82) is 0 Å². The van der Waals surface area contributed by atoms with Gasteiger partial charge in [0.05, 0.1) is 17.8 Å². The molecule has 0 saturated carbocycles. The van der Waals surface area contributed by atoms with Crippen molar-refractivity contribution in [1.82, 2.24) is 19.5 Å². The number of carbonyl (C=O) groups is 1. The van der Waals surface area contributed by atoms with Gasteiger partial charge in [0.25, 0.3) is 5.56 Å². The fourth-order valence-corrected chi connectivity index (χ4v) is 3.40. The number of aromatic amines is 1. The summed E-state index contributed by atoms with van der Waals surface area (Å²) in [5, 5.41) is 16.2. The molecule has 0 radical (unpaired) electrons. The van der Waals surface area contributed by atoms with E-state index in [2.05, 4.69) is 15.1 Å². The van der Waals surface area contributed by atoms with E-state index in [4.69, 9.17) is 0 Å². The van der Waals surface area contributed by atoms with Gasteiger partial charge in [-0.15, -0.1) is 0 Å². The lowest BCUT2D eigenvalue weighted by Crippen LogP contribution is -2.33. The van der Waals surface area contributed by atoms with Crippen LogP contribution in [0.3, 0.4) is 0 Å². The van der Waals surface area contributed by atoms with Crippen LogP contribution in [0.15, 0.2) is 40.2 Å². The molecule has 3 aromatic rings. The summed E-state index contributed by atoms with van der Waals surface area (Å²) in [6, 6.07) is 9.81. The third-order valence-electron chi connectivity index (χ3n) is 5.04. The highest BCUT2D eigenvalue weighted by atomic mass is 16.3. The lowest BCUT2D eigenvalue weighted by atomic mass is 10.0. The van der Waals surface area contributed by atoms with Gasteiger partial charge in [-0.05, 0) is 12.5 Å². The van der Waals surface area contributed by atoms with E-state index in [9.17, 15) is 14.7 Å². The topological polar surface area (TPSA) is 104 Å². The zero-order valence-corrected chi connectivity index (χ0v) is 15.8. The van der Waals surface area contributed by atoms with Gasteiger partial charge in [0.15, 0.2) is 11.4 Å². The predicted octanol–water partition coefficient (Wildman–Crippen LogP) is 1.84. The van der Waals surface area contributed by atoms with Crippen LogP contribution in [0.4, 0.5) is 0 Å². The van der Waals surface area contributed by atoms with E-state index in [0.717, 1.165) is 11.3 Å². The van der Waals surface area contributed by atoms with Crippen molar-refractivity contribution in [3.63, 3.8) is 0 Å². The van der Waals surface area contributed by atoms with Crippen LogP contribution in [0.2, 0.25) is 0 Å². The Hall–Kier alpha value is -3.42. The lowest BCUT2D eigenvalue weighted by Gasteiger charge is -2.23. The van der Waals surface area contributed by atoms with Gasteiger partial charge in [-0.2, -0.15) is 5.10 Å². The van der Waals surface area contributed by atoms with Gasteiger partial charge in [0.1, 0.15) is 11.3 Å². The summed E-state index contributed by atoms with van der Waals surface area (Å²) < 4.78 is 1.40. The number of fused-ring (bicyclic) bond motifs is 1. The molecule has 0 bridgehead atoms. The van der Waals surface area contributed by atoms with Gasteiger partial charge in [0, 0.05) is 26.3 Å². The maximum absolute atomic E-state index is 12.3. The molecule has 8 heteroatoms. The molecule has 1 amide bonds. The molecule has 0 atom stereocenters. The SMILES string of the molecule is Cc1c(O)c2[nH]c(CCN3N=C(c4ccccc4)CCC3=O)nc2n(C)c1=O. The van der Waals surface area contributed by atoms with Crippen molar-refractivity contribution in [2.45, 2.75) is 26.2 Å². The Labute approximate surface area is 161 Å². The van der Waals surface area contributed by atoms with Gasteiger partial charge in [-0.25, -0.2) is 9.99 Å². The largest absolute Gasteiger partial charge is 0.505 e. The predicted molar refractivity (Wildman–Crippen MR) is 105 cm³/mol. The lowest BCUT2D eigenvalue weighted by molar-refractivity contribution is -0.131. The van der Waals surface area contributed by atoms with E-state index in [1.807, 2.05) is 30.3 Å². The summed E-state index contributed by atoms with van der Waals surface area (Å²) in [5.74, 6) is 0.470. The number of aromatic nitrogens is 3. The maximum atomic E-state index is 12.3. The zero-order valence-electron chi connectivity index (χ0n) is 15.8. The Kier molecular flexibility index (Phi) is 4.46. The highest BCUT2D eigenvalue weighted by molar-refractivity contribution is 6.04. The van der Waals surface area contributed by atoms with Crippen LogP contribution >= 0.6 is 0 Å². The highest BCUT2D eigenvalue weighted by Gasteiger charge is 2.22. The molecule has 3 heterocycles. The molecule has 0 aliphatic carbocycles. The van der Waals surface area contributed by atoms with Gasteiger partial charge in [-0.3, -0.25) is 14.2 Å². The fraction of sp³-hybridized carbons (Fsp3) is 0.300. The van der Waals surface area contributed by atoms with Crippen molar-refractivity contribution in [2.75, 3.05) is 6.54 Å². The molecule has 4 rings (SSSR count). The van der Waals surface area contributed by atoms with E-state index in [1.165, 1.54) is 9.58 Å². The van der Waals surface area contributed by atoms with Gasteiger partial charge >= 0.3 is 0 Å². The Morgan fingerprint density at radius 3 is 2.68 bits per heavy atom. The smallest absolute Gasteiger partial charge is 0.258 e. The molecule has 2 N–H and O–H groups in total. The molecular formula is C20H21N5O3. The molecule has 1 aromatic carbocycles. The van der Waals surface area contributed by atoms with Gasteiger partial charge in [0.2, 0.25) is 5.91 Å². The number of imidazole rings is 1. The average Bonchev–Trinajstić information content (AvgIpc) is 3.15. The van der Waals surface area contributed by atoms with Crippen LogP contribution < -0.4 is 5.56 Å². The first-order valence-corrected chi connectivity index (χ1v) is 9.16. The average molecular weight is 379 g/mol. The van der Waals surface area contributed by atoms with E-state index < -0.39 is 0 Å². The molecular weight excluding hydrogens is 358 g/mol. The molecule has 28 heavy (non-hydrogen) atoms. The number of hydrogen-bond donors (Lipinski definition) is 2. The van der Waals surface area contributed by atoms with Crippen LogP contribution in [0.5, 0.6) is 5.75 Å². The van der Waals surface area contributed by atoms with Crippen LogP contribution in [-0.2, 0) is 18.3 Å². The first kappa shape index (κ1) is 18.0. The number of hydrogen-bond acceptors (Lipinski definition) is 5. The minimum absolute atomic E-state index is 0.0260. The first-order chi connectivity index (χ1) is 13.5. The monoisotopic (exact) mass is 379 g/mol. The molecule has 144 valence electrons. The van der Waals surface area contributed by atoms with E-state index in [1.54, 1.807) is 14.0 Å². The minimum atomic E-state index is -0.286. The number of H-pyrrole nitrogens is 1. The summed E-state index contributed by atoms with van der Waals surface area (Å²) in [4.78, 5) is 31.9. The Bertz CT molecular complexity index is 1140. The molecule has 0 saturated heterocycles. The fourth-order valence-electron chi connectivity index (χ4n) is 3.40. The van der Waals surface area contributed by atoms with Crippen molar-refractivity contribution in [3.8, 4) is 5.75 Å². The molecule has 1 aliphatic heterocycles. The second kappa shape index (κ2) is 6.95. The van der Waals surface area contributed by atoms with Crippen LogP contribution in [0.1, 0.15) is 29.8 Å². The van der Waals surface area contributed by atoms with E-state index >= 15 is 0 Å². The number of benzene rings is 1. The van der Waals surface area contributed by atoms with E-state index in [0.29, 0.717) is 42.8 Å². The second-order valence-electron chi connectivity index (χ2n) is 6.90. The summed E-state index contributed by atoms with van der Waals surface area (Å²) >= 11 is 0. The summed E-state index contributed by atoms with van der Waals surface area (Å²) in [6.07, 6.45) is 1.47. The second-order valence-corrected chi connectivity index (χ2v) is 6.90. The number of nitrogens with one attached hydrogen (secondary N) is 1. The summed E-state index contributed by atoms with van der Waals surface area (Å²) in [5.41, 5.74) is 2.70. The summed E-state index contributed by atoms with van der Waals surface area (Å²) in [7, 11) is 1.62. The number of hydrazone groups is 1. The van der Waals surface area contributed by atoms with Crippen molar-refractivity contribution >= 4 is 22.8 Å². The molecule has 2 aromatic heterocycles. The molecule has 8 nitrogen and oxygen atoms in total. The number of nitrogens with zero attached hydrogens (tertiary/aromatic N) is 4. The number of aromatic hydroxyl groups is 1. The summed E-state index contributed by atoms with van der Waals surface area (Å²) in [6.45, 7) is 1.94. The standard InChI is InChI=1S/C20H21N5O3/c1-12-18(27)17-19(24(2)20(12)28)22-15(21-17)10-11-25-16(26)9-8-14(23-25)13-6-4-3-5-7-13/h3-7,27H,8-11H2,1-2H3,(H,21,22). The number of rotatable bonds is 4. The molecule has 0 spiro atoms. The zero-order chi connectivity index (χ0) is 19.8. The quantitative estimate of drug-likeness (QED) is 0.722. The molecule has 0 unspecified atom stereocenters. The van der Waals surface area contributed by atoms with Crippen molar-refractivity contribution < 1.29 is 9.90 Å². The molecule has 1 aliphatic rings. The number of amides is 1. The molecule has 0 fully saturated rings. The Morgan fingerprint density at radius 1 is 1.18 bits per heavy atom. The number of aryl methyl sites for hydroxylation is 1. The van der Waals surface area contributed by atoms with Crippen molar-refractivity contribution in [3.05, 3.63) is 57.6 Å². The third kappa shape index (κ3) is 3.06.